The molecule has 20 heavy (non-hydrogen) atoms. The number of hydrogen-bond donors (Lipinski definition) is 0. The van der Waals surface area contributed by atoms with Crippen LogP contribution < -0.4 is 0 Å². The smallest absolute Gasteiger partial charge is 0.318 e. The molecule has 1 saturated heterocycles. The van der Waals surface area contributed by atoms with E-state index in [1.165, 1.54) is 0 Å². The summed E-state index contributed by atoms with van der Waals surface area (Å²) in [5.74, 6) is -1.21. The Morgan fingerprint density at radius 1 is 1.35 bits per heavy atom. The molecule has 108 valence electrons. The molecule has 0 spiro atoms. The van der Waals surface area contributed by atoms with Gasteiger partial charge in [0, 0.05) is 12.6 Å². The average Bonchev–Trinajstić information content (AvgIpc) is 2.44. The van der Waals surface area contributed by atoms with Crippen molar-refractivity contribution >= 4 is 11.9 Å². The molecule has 0 aromatic heterocycles. The Morgan fingerprint density at radius 2 is 2.00 bits per heavy atom. The van der Waals surface area contributed by atoms with Gasteiger partial charge in [0.15, 0.2) is 0 Å². The molecular weight excluding hydrogens is 254 g/mol. The van der Waals surface area contributed by atoms with Crippen LogP contribution in [-0.2, 0) is 20.9 Å². The fraction of sp³-hybridized carbons (Fsp3) is 0.500. The maximum Gasteiger partial charge on any atom is 0.318 e. The van der Waals surface area contributed by atoms with Crippen molar-refractivity contribution in [3.8, 4) is 0 Å². The average molecular weight is 275 g/mol. The number of likely N-dealkylation sites (tertiary alicyclic amines) is 1. The molecule has 1 aliphatic rings. The number of ether oxygens (including phenoxy) is 1. The second kappa shape index (κ2) is 5.65. The number of nitrogens with zero attached hydrogens (tertiary/aromatic N) is 1. The molecule has 1 amide bonds. The summed E-state index contributed by atoms with van der Waals surface area (Å²) in [4.78, 5) is 25.9. The molecule has 2 rings (SSSR count). The molecule has 0 saturated carbocycles. The Labute approximate surface area is 119 Å². The zero-order valence-electron chi connectivity index (χ0n) is 12.3. The maximum absolute atomic E-state index is 12.2. The van der Waals surface area contributed by atoms with E-state index in [9.17, 15) is 9.59 Å². The summed E-state index contributed by atoms with van der Waals surface area (Å²) in [6.07, 6.45) is 1.37. The van der Waals surface area contributed by atoms with Crippen LogP contribution in [-0.4, -0.2) is 29.4 Å². The second-order valence-corrected chi connectivity index (χ2v) is 5.89. The minimum atomic E-state index is -0.656. The molecule has 1 fully saturated rings. The molecule has 1 atom stereocenters. The van der Waals surface area contributed by atoms with Crippen LogP contribution in [0.2, 0.25) is 0 Å². The Balaban J connectivity index is 1.95. The van der Waals surface area contributed by atoms with Crippen molar-refractivity contribution in [1.29, 1.82) is 0 Å². The van der Waals surface area contributed by atoms with Gasteiger partial charge in [0.2, 0.25) is 5.91 Å². The fourth-order valence-corrected chi connectivity index (χ4v) is 2.37. The summed E-state index contributed by atoms with van der Waals surface area (Å²) in [6.45, 7) is 4.24. The predicted molar refractivity (Wildman–Crippen MR) is 75.8 cm³/mol. The Bertz CT molecular complexity index is 496. The first-order valence-corrected chi connectivity index (χ1v) is 6.90. The first-order valence-electron chi connectivity index (χ1n) is 6.90. The highest BCUT2D eigenvalue weighted by Gasteiger charge is 2.41. The lowest BCUT2D eigenvalue weighted by molar-refractivity contribution is -0.162. The Morgan fingerprint density at radius 3 is 2.65 bits per heavy atom. The third kappa shape index (κ3) is 3.00. The Kier molecular flexibility index (Phi) is 4.12. The van der Waals surface area contributed by atoms with E-state index in [0.29, 0.717) is 6.42 Å². The van der Waals surface area contributed by atoms with Crippen molar-refractivity contribution in [2.75, 3.05) is 7.05 Å². The van der Waals surface area contributed by atoms with Crippen LogP contribution in [0.15, 0.2) is 30.3 Å². The molecule has 1 heterocycles. The molecule has 1 aromatic carbocycles. The number of amides is 1. The number of rotatable bonds is 3. The lowest BCUT2D eigenvalue weighted by Gasteiger charge is -2.42. The van der Waals surface area contributed by atoms with Crippen LogP contribution in [0.1, 0.15) is 32.3 Å². The van der Waals surface area contributed by atoms with Gasteiger partial charge in [-0.1, -0.05) is 30.3 Å². The molecule has 4 heteroatoms. The van der Waals surface area contributed by atoms with Crippen molar-refractivity contribution in [2.24, 2.45) is 5.92 Å². The third-order valence-corrected chi connectivity index (χ3v) is 4.09. The minimum absolute atomic E-state index is 0.140. The largest absolute Gasteiger partial charge is 0.460 e. The van der Waals surface area contributed by atoms with Gasteiger partial charge in [-0.25, -0.2) is 0 Å². The molecular formula is C16H21NO3. The third-order valence-electron chi connectivity index (χ3n) is 4.09. The van der Waals surface area contributed by atoms with Crippen LogP contribution in [0.4, 0.5) is 0 Å². The van der Waals surface area contributed by atoms with E-state index in [4.69, 9.17) is 4.74 Å². The topological polar surface area (TPSA) is 46.6 Å². The molecule has 1 aromatic rings. The van der Waals surface area contributed by atoms with Gasteiger partial charge in [-0.2, -0.15) is 0 Å². The van der Waals surface area contributed by atoms with E-state index in [1.54, 1.807) is 11.9 Å². The monoisotopic (exact) mass is 275 g/mol. The van der Waals surface area contributed by atoms with Gasteiger partial charge in [0.25, 0.3) is 0 Å². The zero-order chi connectivity index (χ0) is 14.8. The highest BCUT2D eigenvalue weighted by atomic mass is 16.5. The summed E-state index contributed by atoms with van der Waals surface area (Å²) in [5, 5.41) is 0. The molecule has 4 nitrogen and oxygen atoms in total. The van der Waals surface area contributed by atoms with Crippen LogP contribution in [0, 0.1) is 5.92 Å². The normalized spacial score (nSPS) is 21.6. The van der Waals surface area contributed by atoms with E-state index in [1.807, 2.05) is 44.2 Å². The van der Waals surface area contributed by atoms with Gasteiger partial charge in [0.1, 0.15) is 12.5 Å². The van der Waals surface area contributed by atoms with E-state index >= 15 is 0 Å². The molecule has 0 radical (unpaired) electrons. The molecule has 0 aliphatic carbocycles. The number of benzene rings is 1. The minimum Gasteiger partial charge on any atom is -0.460 e. The lowest BCUT2D eigenvalue weighted by atomic mass is 9.84. The van der Waals surface area contributed by atoms with Crippen molar-refractivity contribution < 1.29 is 14.3 Å². The van der Waals surface area contributed by atoms with Gasteiger partial charge in [-0.15, -0.1) is 0 Å². The zero-order valence-corrected chi connectivity index (χ0v) is 12.3. The van der Waals surface area contributed by atoms with Gasteiger partial charge < -0.3 is 9.64 Å². The van der Waals surface area contributed by atoms with Crippen molar-refractivity contribution in [3.63, 3.8) is 0 Å². The molecule has 0 N–H and O–H groups in total. The van der Waals surface area contributed by atoms with E-state index in [-0.39, 0.29) is 18.1 Å². The van der Waals surface area contributed by atoms with Crippen molar-refractivity contribution in [3.05, 3.63) is 35.9 Å². The van der Waals surface area contributed by atoms with Gasteiger partial charge in [-0.05, 0) is 32.3 Å². The molecule has 0 bridgehead atoms. The van der Waals surface area contributed by atoms with E-state index in [2.05, 4.69) is 0 Å². The number of carbonyl (C=O) groups is 2. The van der Waals surface area contributed by atoms with Gasteiger partial charge in [-0.3, -0.25) is 9.59 Å². The van der Waals surface area contributed by atoms with Crippen LogP contribution in [0.5, 0.6) is 0 Å². The first-order chi connectivity index (χ1) is 9.42. The van der Waals surface area contributed by atoms with E-state index < -0.39 is 11.9 Å². The van der Waals surface area contributed by atoms with Crippen LogP contribution in [0.25, 0.3) is 0 Å². The lowest BCUT2D eigenvalue weighted by Crippen LogP contribution is -2.53. The first kappa shape index (κ1) is 14.6. The standard InChI is InChI=1S/C16H21NO3/c1-16(2)10-9-13(14(18)17(16)3)15(19)20-11-12-7-5-4-6-8-12/h4-8,13H,9-11H2,1-3H3. The summed E-state index contributed by atoms with van der Waals surface area (Å²) >= 11 is 0. The number of esters is 1. The summed E-state index contributed by atoms with van der Waals surface area (Å²) in [7, 11) is 1.75. The van der Waals surface area contributed by atoms with Crippen LogP contribution in [0.3, 0.4) is 0 Å². The van der Waals surface area contributed by atoms with Gasteiger partial charge >= 0.3 is 5.97 Å². The summed E-state index contributed by atoms with van der Waals surface area (Å²) < 4.78 is 5.27. The van der Waals surface area contributed by atoms with Gasteiger partial charge in [0.05, 0.1) is 0 Å². The number of carbonyl (C=O) groups excluding carboxylic acids is 2. The van der Waals surface area contributed by atoms with Crippen LogP contribution >= 0.6 is 0 Å². The summed E-state index contributed by atoms with van der Waals surface area (Å²) in [5.41, 5.74) is 0.741. The van der Waals surface area contributed by atoms with Crippen molar-refractivity contribution in [1.82, 2.24) is 4.90 Å². The highest BCUT2D eigenvalue weighted by Crippen LogP contribution is 2.30. The maximum atomic E-state index is 12.2. The SMILES string of the molecule is CN1C(=O)C(C(=O)OCc2ccccc2)CCC1(C)C. The van der Waals surface area contributed by atoms with Crippen molar-refractivity contribution in [2.45, 2.75) is 38.8 Å². The molecule has 1 unspecified atom stereocenters. The second-order valence-electron chi connectivity index (χ2n) is 5.89. The highest BCUT2D eigenvalue weighted by molar-refractivity contribution is 5.98. The number of hydrogen-bond acceptors (Lipinski definition) is 3. The molecule has 1 aliphatic heterocycles. The fourth-order valence-electron chi connectivity index (χ4n) is 2.37. The predicted octanol–water partition coefficient (Wildman–Crippen LogP) is 2.38. The quantitative estimate of drug-likeness (QED) is 0.628. The van der Waals surface area contributed by atoms with E-state index in [0.717, 1.165) is 12.0 Å². The Hall–Kier alpha value is -1.84. The summed E-state index contributed by atoms with van der Waals surface area (Å²) in [6, 6.07) is 9.49. The number of piperidine rings is 1.